The molecule has 1 atom stereocenters. The van der Waals surface area contributed by atoms with Gasteiger partial charge in [-0.25, -0.2) is 0 Å². The van der Waals surface area contributed by atoms with E-state index >= 15 is 0 Å². The zero-order chi connectivity index (χ0) is 13.7. The van der Waals surface area contributed by atoms with Gasteiger partial charge in [0.25, 0.3) is 0 Å². The maximum Gasteiger partial charge on any atom is 0.123 e. The summed E-state index contributed by atoms with van der Waals surface area (Å²) in [6.45, 7) is 10.3. The van der Waals surface area contributed by atoms with Gasteiger partial charge in [-0.1, -0.05) is 25.1 Å². The second-order valence-electron chi connectivity index (χ2n) is 5.38. The Morgan fingerprint density at radius 1 is 1.16 bits per heavy atom. The molecule has 1 aromatic carbocycles. The van der Waals surface area contributed by atoms with Gasteiger partial charge in [0.2, 0.25) is 0 Å². The molecule has 0 aliphatic carbocycles. The van der Waals surface area contributed by atoms with E-state index in [1.54, 1.807) is 7.11 Å². The van der Waals surface area contributed by atoms with Crippen molar-refractivity contribution in [2.24, 2.45) is 0 Å². The van der Waals surface area contributed by atoms with Crippen LogP contribution in [0.4, 0.5) is 0 Å². The van der Waals surface area contributed by atoms with E-state index in [4.69, 9.17) is 4.74 Å². The van der Waals surface area contributed by atoms with Gasteiger partial charge >= 0.3 is 0 Å². The van der Waals surface area contributed by atoms with Gasteiger partial charge in [-0.15, -0.1) is 0 Å². The fraction of sp³-hybridized carbons (Fsp3) is 0.625. The van der Waals surface area contributed by atoms with Crippen molar-refractivity contribution in [3.05, 3.63) is 29.8 Å². The van der Waals surface area contributed by atoms with E-state index in [1.165, 1.54) is 25.1 Å². The van der Waals surface area contributed by atoms with Crippen LogP contribution < -0.4 is 4.74 Å². The highest BCUT2D eigenvalue weighted by atomic mass is 16.5. The van der Waals surface area contributed by atoms with Crippen LogP contribution in [0.15, 0.2) is 24.3 Å². The molecular weight excluding hydrogens is 236 g/mol. The third-order valence-electron chi connectivity index (χ3n) is 4.21. The molecule has 1 saturated heterocycles. The van der Waals surface area contributed by atoms with Gasteiger partial charge in [-0.2, -0.15) is 0 Å². The fourth-order valence-electron chi connectivity index (χ4n) is 2.69. The summed E-state index contributed by atoms with van der Waals surface area (Å²) in [7, 11) is 1.75. The second kappa shape index (κ2) is 6.92. The normalized spacial score (nSPS) is 19.3. The van der Waals surface area contributed by atoms with Crippen molar-refractivity contribution < 1.29 is 4.74 Å². The molecule has 0 bridgehead atoms. The van der Waals surface area contributed by atoms with E-state index < -0.39 is 0 Å². The summed E-state index contributed by atoms with van der Waals surface area (Å²) in [4.78, 5) is 5.12. The maximum absolute atomic E-state index is 5.43. The molecule has 0 N–H and O–H groups in total. The van der Waals surface area contributed by atoms with E-state index in [1.807, 2.05) is 12.1 Å². The number of hydrogen-bond donors (Lipinski definition) is 0. The monoisotopic (exact) mass is 262 g/mol. The Bertz CT molecular complexity index is 386. The molecule has 3 nitrogen and oxygen atoms in total. The Kier molecular flexibility index (Phi) is 5.23. The highest BCUT2D eigenvalue weighted by Crippen LogP contribution is 2.20. The number of para-hydroxylation sites is 1. The van der Waals surface area contributed by atoms with E-state index in [2.05, 4.69) is 35.8 Å². The van der Waals surface area contributed by atoms with Gasteiger partial charge < -0.3 is 4.74 Å². The second-order valence-corrected chi connectivity index (χ2v) is 5.38. The highest BCUT2D eigenvalue weighted by Gasteiger charge is 2.20. The Balaban J connectivity index is 1.89. The third-order valence-corrected chi connectivity index (χ3v) is 4.21. The quantitative estimate of drug-likeness (QED) is 0.811. The van der Waals surface area contributed by atoms with Crippen LogP contribution in [0.5, 0.6) is 5.75 Å². The van der Waals surface area contributed by atoms with Gasteiger partial charge in [-0.3, -0.25) is 9.80 Å². The number of nitrogens with zero attached hydrogens (tertiary/aromatic N) is 2. The van der Waals surface area contributed by atoms with Crippen molar-refractivity contribution in [1.29, 1.82) is 0 Å². The summed E-state index contributed by atoms with van der Waals surface area (Å²) in [6, 6.07) is 9.05. The Morgan fingerprint density at radius 2 is 1.84 bits per heavy atom. The molecule has 1 fully saturated rings. The van der Waals surface area contributed by atoms with Crippen LogP contribution in [-0.4, -0.2) is 49.1 Å². The van der Waals surface area contributed by atoms with Crippen molar-refractivity contribution in [2.75, 3.05) is 33.3 Å². The van der Waals surface area contributed by atoms with E-state index in [0.29, 0.717) is 6.04 Å². The first-order chi connectivity index (χ1) is 9.24. The van der Waals surface area contributed by atoms with Crippen molar-refractivity contribution in [3.63, 3.8) is 0 Å². The molecule has 0 aromatic heterocycles. The van der Waals surface area contributed by atoms with Crippen molar-refractivity contribution in [2.45, 2.75) is 32.9 Å². The van der Waals surface area contributed by atoms with Crippen LogP contribution >= 0.6 is 0 Å². The van der Waals surface area contributed by atoms with E-state index in [-0.39, 0.29) is 0 Å². The largest absolute Gasteiger partial charge is 0.496 e. The van der Waals surface area contributed by atoms with Crippen LogP contribution in [0.1, 0.15) is 25.8 Å². The van der Waals surface area contributed by atoms with Gasteiger partial charge in [0.1, 0.15) is 5.75 Å². The molecule has 106 valence electrons. The molecule has 3 heteroatoms. The van der Waals surface area contributed by atoms with Crippen molar-refractivity contribution >= 4 is 0 Å². The smallest absolute Gasteiger partial charge is 0.123 e. The van der Waals surface area contributed by atoms with Crippen LogP contribution in [0.2, 0.25) is 0 Å². The third kappa shape index (κ3) is 3.71. The van der Waals surface area contributed by atoms with E-state index in [0.717, 1.165) is 25.4 Å². The Morgan fingerprint density at radius 3 is 2.47 bits per heavy atom. The first-order valence-electron chi connectivity index (χ1n) is 7.33. The molecular formula is C16H26N2O. The lowest BCUT2D eigenvalue weighted by molar-refractivity contribution is 0.0958. The zero-order valence-electron chi connectivity index (χ0n) is 12.4. The number of piperazine rings is 1. The SMILES string of the molecule is CCC(C)N1CCN(Cc2ccccc2OC)CC1. The molecule has 0 saturated carbocycles. The summed E-state index contributed by atoms with van der Waals surface area (Å²) < 4.78 is 5.43. The predicted octanol–water partition coefficient (Wildman–Crippen LogP) is 2.61. The summed E-state index contributed by atoms with van der Waals surface area (Å²) >= 11 is 0. The molecule has 1 aromatic rings. The van der Waals surface area contributed by atoms with Crippen molar-refractivity contribution in [1.82, 2.24) is 9.80 Å². The first-order valence-corrected chi connectivity index (χ1v) is 7.33. The average molecular weight is 262 g/mol. The molecule has 0 radical (unpaired) electrons. The molecule has 2 rings (SSSR count). The van der Waals surface area contributed by atoms with Gasteiger partial charge in [0.15, 0.2) is 0 Å². The van der Waals surface area contributed by atoms with Gasteiger partial charge in [-0.05, 0) is 19.4 Å². The summed E-state index contributed by atoms with van der Waals surface area (Å²) in [6.07, 6.45) is 1.24. The lowest BCUT2D eigenvalue weighted by Crippen LogP contribution is -2.49. The van der Waals surface area contributed by atoms with Crippen LogP contribution in [0, 0.1) is 0 Å². The standard InChI is InChI=1S/C16H26N2O/c1-4-14(2)18-11-9-17(10-12-18)13-15-7-5-6-8-16(15)19-3/h5-8,14H,4,9-13H2,1-3H3. The highest BCUT2D eigenvalue weighted by molar-refractivity contribution is 5.33. The van der Waals surface area contributed by atoms with Gasteiger partial charge in [0, 0.05) is 44.3 Å². The fourth-order valence-corrected chi connectivity index (χ4v) is 2.69. The minimum atomic E-state index is 0.716. The number of benzene rings is 1. The minimum Gasteiger partial charge on any atom is -0.496 e. The lowest BCUT2D eigenvalue weighted by Gasteiger charge is -2.38. The molecule has 1 heterocycles. The molecule has 0 amide bonds. The first kappa shape index (κ1) is 14.4. The van der Waals surface area contributed by atoms with Crippen LogP contribution in [0.3, 0.4) is 0 Å². The number of ether oxygens (including phenoxy) is 1. The summed E-state index contributed by atoms with van der Waals surface area (Å²) in [5.74, 6) is 1.01. The number of hydrogen-bond acceptors (Lipinski definition) is 3. The lowest BCUT2D eigenvalue weighted by atomic mass is 10.1. The summed E-state index contributed by atoms with van der Waals surface area (Å²) in [5.41, 5.74) is 1.29. The van der Waals surface area contributed by atoms with Gasteiger partial charge in [0.05, 0.1) is 7.11 Å². The molecule has 1 unspecified atom stereocenters. The van der Waals surface area contributed by atoms with E-state index in [9.17, 15) is 0 Å². The molecule has 0 spiro atoms. The maximum atomic E-state index is 5.43. The number of methoxy groups -OCH3 is 1. The average Bonchev–Trinajstić information content (AvgIpc) is 2.48. The van der Waals surface area contributed by atoms with Crippen LogP contribution in [0.25, 0.3) is 0 Å². The topological polar surface area (TPSA) is 15.7 Å². The Labute approximate surface area is 117 Å². The van der Waals surface area contributed by atoms with Crippen LogP contribution in [-0.2, 0) is 6.54 Å². The van der Waals surface area contributed by atoms with Crippen molar-refractivity contribution in [3.8, 4) is 5.75 Å². The number of rotatable bonds is 5. The molecule has 1 aliphatic heterocycles. The molecule has 19 heavy (non-hydrogen) atoms. The minimum absolute atomic E-state index is 0.716. The summed E-state index contributed by atoms with van der Waals surface area (Å²) in [5, 5.41) is 0. The Hall–Kier alpha value is -1.06. The zero-order valence-corrected chi connectivity index (χ0v) is 12.4. The molecule has 1 aliphatic rings. The predicted molar refractivity (Wildman–Crippen MR) is 79.6 cm³/mol.